The van der Waals surface area contributed by atoms with Crippen LogP contribution in [0.3, 0.4) is 0 Å². The zero-order valence-electron chi connectivity index (χ0n) is 13.1. The molecule has 0 bridgehead atoms. The lowest BCUT2D eigenvalue weighted by atomic mass is 9.86. The molecule has 0 N–H and O–H groups in total. The Kier molecular flexibility index (Phi) is 4.43. The second kappa shape index (κ2) is 6.54. The summed E-state index contributed by atoms with van der Waals surface area (Å²) in [7, 11) is 0. The largest absolute Gasteiger partial charge is 0.343 e. The van der Waals surface area contributed by atoms with Gasteiger partial charge in [0.25, 0.3) is 5.92 Å². The number of nitro groups is 1. The first-order valence-electron chi connectivity index (χ1n) is 7.68. The van der Waals surface area contributed by atoms with Crippen molar-refractivity contribution < 1.29 is 18.5 Å². The minimum absolute atomic E-state index is 0.0183. The first kappa shape index (κ1) is 16.9. The molecule has 1 saturated carbocycles. The van der Waals surface area contributed by atoms with Crippen LogP contribution in [0.4, 0.5) is 20.3 Å². The molecule has 1 aliphatic rings. The molecule has 6 nitrogen and oxygen atoms in total. The molecule has 0 amide bonds. The van der Waals surface area contributed by atoms with Gasteiger partial charge in [-0.15, -0.1) is 0 Å². The van der Waals surface area contributed by atoms with E-state index < -0.39 is 29.7 Å². The highest BCUT2D eigenvalue weighted by molar-refractivity contribution is 5.75. The number of rotatable bonds is 6. The Morgan fingerprint density at radius 1 is 1.24 bits per heavy atom. The number of nitrogens with zero attached hydrogens (tertiary/aromatic N) is 3. The maximum absolute atomic E-state index is 13.4. The summed E-state index contributed by atoms with van der Waals surface area (Å²) < 4.78 is 26.7. The summed E-state index contributed by atoms with van der Waals surface area (Å²) in [4.78, 5) is 27.3. The van der Waals surface area contributed by atoms with Gasteiger partial charge in [0.15, 0.2) is 6.29 Å². The molecule has 1 heterocycles. The number of pyridine rings is 1. The first-order chi connectivity index (χ1) is 11.9. The van der Waals surface area contributed by atoms with E-state index in [2.05, 4.69) is 4.98 Å². The third-order valence-electron chi connectivity index (χ3n) is 4.17. The zero-order chi connectivity index (χ0) is 18.0. The topological polar surface area (TPSA) is 76.3 Å². The SMILES string of the molecule is O=Cc1ccc([N+](=O)[O-])c(N(Cc2ccccc2)C2CC(F)(F)C2)n1. The smallest absolute Gasteiger partial charge is 0.311 e. The van der Waals surface area contributed by atoms with Gasteiger partial charge < -0.3 is 4.90 Å². The monoisotopic (exact) mass is 347 g/mol. The predicted octanol–water partition coefficient (Wildman–Crippen LogP) is 3.61. The van der Waals surface area contributed by atoms with Crippen LogP contribution in [0.15, 0.2) is 42.5 Å². The molecule has 1 aromatic heterocycles. The summed E-state index contributed by atoms with van der Waals surface area (Å²) >= 11 is 0. The van der Waals surface area contributed by atoms with Crippen LogP contribution in [0.5, 0.6) is 0 Å². The van der Waals surface area contributed by atoms with Gasteiger partial charge in [-0.2, -0.15) is 0 Å². The van der Waals surface area contributed by atoms with E-state index in [9.17, 15) is 23.7 Å². The molecule has 1 aromatic carbocycles. The molecule has 0 spiro atoms. The lowest BCUT2D eigenvalue weighted by molar-refractivity contribution is -0.384. The second-order valence-corrected chi connectivity index (χ2v) is 5.99. The lowest BCUT2D eigenvalue weighted by Gasteiger charge is -2.43. The van der Waals surface area contributed by atoms with E-state index in [-0.39, 0.29) is 23.7 Å². The molecule has 1 fully saturated rings. The summed E-state index contributed by atoms with van der Waals surface area (Å²) in [5.41, 5.74) is 0.520. The van der Waals surface area contributed by atoms with Crippen LogP contribution in [-0.4, -0.2) is 28.2 Å². The van der Waals surface area contributed by atoms with Gasteiger partial charge in [-0.1, -0.05) is 30.3 Å². The number of anilines is 1. The van der Waals surface area contributed by atoms with Crippen molar-refractivity contribution in [2.45, 2.75) is 31.4 Å². The van der Waals surface area contributed by atoms with Gasteiger partial charge in [-0.3, -0.25) is 14.9 Å². The van der Waals surface area contributed by atoms with Crippen LogP contribution in [0.25, 0.3) is 0 Å². The van der Waals surface area contributed by atoms with Crippen molar-refractivity contribution in [2.75, 3.05) is 4.90 Å². The second-order valence-electron chi connectivity index (χ2n) is 5.99. The summed E-state index contributed by atoms with van der Waals surface area (Å²) in [6.45, 7) is 0.192. The number of aldehydes is 1. The van der Waals surface area contributed by atoms with Crippen LogP contribution in [-0.2, 0) is 6.54 Å². The Labute approximate surface area is 142 Å². The van der Waals surface area contributed by atoms with Crippen LogP contribution in [0.2, 0.25) is 0 Å². The average Bonchev–Trinajstić information content (AvgIpc) is 2.58. The fourth-order valence-electron chi connectivity index (χ4n) is 2.88. The number of carbonyl (C=O) groups excluding carboxylic acids is 1. The molecule has 0 saturated heterocycles. The van der Waals surface area contributed by atoms with E-state index in [0.717, 1.165) is 5.56 Å². The number of carbonyl (C=O) groups is 1. The van der Waals surface area contributed by atoms with Crippen molar-refractivity contribution in [3.05, 3.63) is 63.8 Å². The molecular formula is C17H15F2N3O3. The van der Waals surface area contributed by atoms with Crippen molar-refractivity contribution in [3.8, 4) is 0 Å². The minimum Gasteiger partial charge on any atom is -0.343 e. The zero-order valence-corrected chi connectivity index (χ0v) is 13.1. The van der Waals surface area contributed by atoms with Gasteiger partial charge in [-0.05, 0) is 11.6 Å². The molecule has 0 radical (unpaired) electrons. The Hall–Kier alpha value is -2.90. The van der Waals surface area contributed by atoms with Crippen LogP contribution >= 0.6 is 0 Å². The van der Waals surface area contributed by atoms with E-state index in [1.165, 1.54) is 17.0 Å². The molecule has 130 valence electrons. The Morgan fingerprint density at radius 2 is 1.92 bits per heavy atom. The Bertz CT molecular complexity index is 791. The Balaban J connectivity index is 2.02. The summed E-state index contributed by atoms with van der Waals surface area (Å²) in [6, 6.07) is 10.9. The van der Waals surface area contributed by atoms with Gasteiger partial charge in [0.2, 0.25) is 5.82 Å². The minimum atomic E-state index is -2.78. The average molecular weight is 347 g/mol. The van der Waals surface area contributed by atoms with Crippen molar-refractivity contribution >= 4 is 17.8 Å². The quantitative estimate of drug-likeness (QED) is 0.453. The summed E-state index contributed by atoms with van der Waals surface area (Å²) in [5, 5.41) is 11.3. The first-order valence-corrected chi connectivity index (χ1v) is 7.68. The van der Waals surface area contributed by atoms with Crippen LogP contribution < -0.4 is 4.90 Å². The van der Waals surface area contributed by atoms with Crippen molar-refractivity contribution in [2.24, 2.45) is 0 Å². The van der Waals surface area contributed by atoms with Crippen molar-refractivity contribution in [1.82, 2.24) is 4.98 Å². The maximum atomic E-state index is 13.4. The van der Waals surface area contributed by atoms with E-state index in [0.29, 0.717) is 6.29 Å². The molecule has 1 aliphatic carbocycles. The highest BCUT2D eigenvalue weighted by Crippen LogP contribution is 2.43. The number of benzene rings is 1. The van der Waals surface area contributed by atoms with Gasteiger partial charge >= 0.3 is 5.69 Å². The number of halogens is 2. The van der Waals surface area contributed by atoms with Gasteiger partial charge in [0.1, 0.15) is 5.69 Å². The lowest BCUT2D eigenvalue weighted by Crippen LogP contribution is -2.51. The van der Waals surface area contributed by atoms with Crippen LogP contribution in [0.1, 0.15) is 28.9 Å². The normalized spacial score (nSPS) is 16.1. The van der Waals surface area contributed by atoms with Gasteiger partial charge in [0.05, 0.1) is 4.92 Å². The predicted molar refractivity (Wildman–Crippen MR) is 86.9 cm³/mol. The molecule has 0 aliphatic heterocycles. The molecule has 3 rings (SSSR count). The van der Waals surface area contributed by atoms with Crippen molar-refractivity contribution in [3.63, 3.8) is 0 Å². The maximum Gasteiger partial charge on any atom is 0.311 e. The van der Waals surface area contributed by atoms with E-state index in [1.54, 1.807) is 24.3 Å². The fourth-order valence-corrected chi connectivity index (χ4v) is 2.88. The fraction of sp³-hybridized carbons (Fsp3) is 0.294. The molecule has 8 heteroatoms. The number of aromatic nitrogens is 1. The summed E-state index contributed by atoms with van der Waals surface area (Å²) in [6.07, 6.45) is -0.322. The third kappa shape index (κ3) is 3.62. The molecule has 0 unspecified atom stereocenters. The number of alkyl halides is 2. The third-order valence-corrected chi connectivity index (χ3v) is 4.17. The summed E-state index contributed by atoms with van der Waals surface area (Å²) in [5.74, 6) is -2.84. The number of hydrogen-bond acceptors (Lipinski definition) is 5. The Morgan fingerprint density at radius 3 is 2.48 bits per heavy atom. The standard InChI is InChI=1S/C17H15F2N3O3/c18-17(19)8-14(9-17)21(10-12-4-2-1-3-5-12)16-15(22(24)25)7-6-13(11-23)20-16/h1-7,11,14H,8-10H2. The molecule has 0 atom stereocenters. The van der Waals surface area contributed by atoms with E-state index in [4.69, 9.17) is 0 Å². The van der Waals surface area contributed by atoms with E-state index in [1.807, 2.05) is 6.07 Å². The molecular weight excluding hydrogens is 332 g/mol. The van der Waals surface area contributed by atoms with E-state index >= 15 is 0 Å². The highest BCUT2D eigenvalue weighted by atomic mass is 19.3. The van der Waals surface area contributed by atoms with Gasteiger partial charge in [0, 0.05) is 31.5 Å². The molecule has 2 aromatic rings. The van der Waals surface area contributed by atoms with Crippen molar-refractivity contribution in [1.29, 1.82) is 0 Å². The van der Waals surface area contributed by atoms with Crippen LogP contribution in [0, 0.1) is 10.1 Å². The highest BCUT2D eigenvalue weighted by Gasteiger charge is 2.49. The number of hydrogen-bond donors (Lipinski definition) is 0. The van der Waals surface area contributed by atoms with Gasteiger partial charge in [-0.25, -0.2) is 13.8 Å². The molecule has 25 heavy (non-hydrogen) atoms.